The lowest BCUT2D eigenvalue weighted by Crippen LogP contribution is -2.53. The number of benzene rings is 2. The van der Waals surface area contributed by atoms with Gasteiger partial charge in [0.25, 0.3) is 0 Å². The smallest absolute Gasteiger partial charge is 0.321 e. The molecule has 1 spiro atoms. The average Bonchev–Trinajstić information content (AvgIpc) is 3.05. The summed E-state index contributed by atoms with van der Waals surface area (Å²) in [6, 6.07) is 18.1. The van der Waals surface area contributed by atoms with Gasteiger partial charge in [0.1, 0.15) is 0 Å². The Labute approximate surface area is 182 Å². The van der Waals surface area contributed by atoms with Crippen LogP contribution in [0.5, 0.6) is 0 Å². The van der Waals surface area contributed by atoms with E-state index < -0.39 is 0 Å². The molecule has 3 amide bonds. The average molecular weight is 424 g/mol. The first-order chi connectivity index (χ1) is 14.5. The Balaban J connectivity index is 1.37. The number of anilines is 1. The van der Waals surface area contributed by atoms with Gasteiger partial charge in [0.05, 0.1) is 10.6 Å². The van der Waals surface area contributed by atoms with Crippen molar-refractivity contribution < 1.29 is 9.59 Å². The lowest BCUT2D eigenvalue weighted by atomic mass is 10.0. The van der Waals surface area contributed by atoms with Gasteiger partial charge in [-0.15, -0.1) is 11.8 Å². The molecule has 0 unspecified atom stereocenters. The van der Waals surface area contributed by atoms with Gasteiger partial charge < -0.3 is 15.1 Å². The fourth-order valence-corrected chi connectivity index (χ4v) is 5.55. The number of hydrogen-bond donors (Lipinski definition) is 1. The molecule has 4 rings (SSSR count). The zero-order chi connectivity index (χ0) is 21.1. The molecule has 2 aliphatic rings. The molecular weight excluding hydrogens is 394 g/mol. The maximum Gasteiger partial charge on any atom is 0.321 e. The van der Waals surface area contributed by atoms with Crippen molar-refractivity contribution in [3.63, 3.8) is 0 Å². The molecule has 2 heterocycles. The van der Waals surface area contributed by atoms with Gasteiger partial charge >= 0.3 is 6.03 Å². The van der Waals surface area contributed by atoms with Crippen LogP contribution in [0.2, 0.25) is 0 Å². The summed E-state index contributed by atoms with van der Waals surface area (Å²) in [5, 5.41) is 3.02. The summed E-state index contributed by atoms with van der Waals surface area (Å²) in [6.45, 7) is 6.26. The predicted octanol–water partition coefficient (Wildman–Crippen LogP) is 4.91. The van der Waals surface area contributed by atoms with Crippen molar-refractivity contribution in [2.24, 2.45) is 0 Å². The van der Waals surface area contributed by atoms with Crippen molar-refractivity contribution in [3.05, 3.63) is 65.7 Å². The number of nitrogens with one attached hydrogen (secondary N) is 1. The van der Waals surface area contributed by atoms with E-state index in [1.807, 2.05) is 40.1 Å². The molecule has 0 saturated carbocycles. The number of likely N-dealkylation sites (tertiary alicyclic amines) is 1. The molecule has 0 bridgehead atoms. The molecule has 1 N–H and O–H groups in total. The highest BCUT2D eigenvalue weighted by atomic mass is 32.2. The number of nitrogens with zero attached hydrogens (tertiary/aromatic N) is 2. The summed E-state index contributed by atoms with van der Waals surface area (Å²) < 4.78 is 0. The predicted molar refractivity (Wildman–Crippen MR) is 123 cm³/mol. The van der Waals surface area contributed by atoms with E-state index in [4.69, 9.17) is 0 Å². The number of thioether (sulfide) groups is 1. The number of carbonyl (C=O) groups excluding carboxylic acids is 2. The number of amides is 3. The second-order valence-corrected chi connectivity index (χ2v) is 9.73. The summed E-state index contributed by atoms with van der Waals surface area (Å²) in [6.07, 6.45) is 1.60. The summed E-state index contributed by atoms with van der Waals surface area (Å²) in [7, 11) is 0. The van der Waals surface area contributed by atoms with Crippen LogP contribution in [-0.2, 0) is 11.3 Å². The minimum Gasteiger partial charge on any atom is -0.324 e. The standard InChI is InChI=1S/C24H29N3O2S/c1-18(2)20-8-10-21(11-9-20)25-23(29)26-14-12-24(13-15-26)27(22(28)17-30-24)16-19-6-4-3-5-7-19/h3-11,18H,12-17H2,1-2H3,(H,25,29). The fourth-order valence-electron chi connectivity index (χ4n) is 4.20. The molecule has 6 heteroatoms. The number of carbonyl (C=O) groups is 2. The van der Waals surface area contributed by atoms with Crippen LogP contribution in [0.3, 0.4) is 0 Å². The minimum atomic E-state index is -0.192. The lowest BCUT2D eigenvalue weighted by molar-refractivity contribution is -0.131. The van der Waals surface area contributed by atoms with Crippen molar-refractivity contribution >= 4 is 29.4 Å². The molecule has 158 valence electrons. The van der Waals surface area contributed by atoms with Gasteiger partial charge in [0.2, 0.25) is 5.91 Å². The van der Waals surface area contributed by atoms with E-state index in [0.29, 0.717) is 31.3 Å². The first-order valence-corrected chi connectivity index (χ1v) is 11.6. The molecule has 0 atom stereocenters. The van der Waals surface area contributed by atoms with Crippen LogP contribution in [-0.4, -0.2) is 45.5 Å². The molecular formula is C24H29N3O2S. The quantitative estimate of drug-likeness (QED) is 0.760. The highest BCUT2D eigenvalue weighted by Gasteiger charge is 2.48. The largest absolute Gasteiger partial charge is 0.324 e. The molecule has 2 aromatic rings. The highest BCUT2D eigenvalue weighted by Crippen LogP contribution is 2.45. The third kappa shape index (κ3) is 4.33. The number of urea groups is 1. The van der Waals surface area contributed by atoms with E-state index in [2.05, 4.69) is 43.4 Å². The second kappa shape index (κ2) is 8.72. The fraction of sp³-hybridized carbons (Fsp3) is 0.417. The zero-order valence-corrected chi connectivity index (χ0v) is 18.5. The number of piperidine rings is 1. The topological polar surface area (TPSA) is 52.7 Å². The van der Waals surface area contributed by atoms with Crippen LogP contribution in [0, 0.1) is 0 Å². The summed E-state index contributed by atoms with van der Waals surface area (Å²) >= 11 is 1.74. The maximum absolute atomic E-state index is 12.8. The first-order valence-electron chi connectivity index (χ1n) is 10.6. The Morgan fingerprint density at radius 3 is 2.37 bits per heavy atom. The second-order valence-electron chi connectivity index (χ2n) is 8.39. The van der Waals surface area contributed by atoms with E-state index in [9.17, 15) is 9.59 Å². The molecule has 0 aliphatic carbocycles. The number of hydrogen-bond acceptors (Lipinski definition) is 3. The van der Waals surface area contributed by atoms with Gasteiger partial charge in [0, 0.05) is 25.3 Å². The Bertz CT molecular complexity index is 890. The van der Waals surface area contributed by atoms with E-state index >= 15 is 0 Å². The van der Waals surface area contributed by atoms with Crippen LogP contribution >= 0.6 is 11.8 Å². The van der Waals surface area contributed by atoms with Crippen molar-refractivity contribution in [3.8, 4) is 0 Å². The van der Waals surface area contributed by atoms with Gasteiger partial charge in [-0.3, -0.25) is 4.79 Å². The molecule has 2 aliphatic heterocycles. The molecule has 5 nitrogen and oxygen atoms in total. The lowest BCUT2D eigenvalue weighted by Gasteiger charge is -2.44. The molecule has 2 aromatic carbocycles. The summed E-state index contributed by atoms with van der Waals surface area (Å²) in [5.74, 6) is 1.20. The summed E-state index contributed by atoms with van der Waals surface area (Å²) in [4.78, 5) is 29.1. The molecule has 30 heavy (non-hydrogen) atoms. The Hall–Kier alpha value is -2.47. The van der Waals surface area contributed by atoms with E-state index in [-0.39, 0.29) is 16.8 Å². The van der Waals surface area contributed by atoms with Crippen molar-refractivity contribution in [2.75, 3.05) is 24.2 Å². The zero-order valence-electron chi connectivity index (χ0n) is 17.6. The highest BCUT2D eigenvalue weighted by molar-refractivity contribution is 8.01. The molecule has 2 fully saturated rings. The normalized spacial score (nSPS) is 18.3. The van der Waals surface area contributed by atoms with E-state index in [1.54, 1.807) is 11.8 Å². The van der Waals surface area contributed by atoms with Crippen LogP contribution in [0.25, 0.3) is 0 Å². The Morgan fingerprint density at radius 2 is 1.73 bits per heavy atom. The first kappa shape index (κ1) is 20.8. The van der Waals surface area contributed by atoms with Gasteiger partial charge in [-0.1, -0.05) is 56.3 Å². The summed E-state index contributed by atoms with van der Waals surface area (Å²) in [5.41, 5.74) is 3.23. The van der Waals surface area contributed by atoms with Crippen LogP contribution < -0.4 is 5.32 Å². The minimum absolute atomic E-state index is 0.0638. The third-order valence-electron chi connectivity index (χ3n) is 6.10. The van der Waals surface area contributed by atoms with E-state index in [1.165, 1.54) is 5.56 Å². The van der Waals surface area contributed by atoms with Gasteiger partial charge in [-0.05, 0) is 42.0 Å². The van der Waals surface area contributed by atoms with Gasteiger partial charge in [0.15, 0.2) is 0 Å². The van der Waals surface area contributed by atoms with E-state index in [0.717, 1.165) is 24.1 Å². The van der Waals surface area contributed by atoms with Gasteiger partial charge in [-0.2, -0.15) is 0 Å². The van der Waals surface area contributed by atoms with Crippen molar-refractivity contribution in [1.82, 2.24) is 9.80 Å². The van der Waals surface area contributed by atoms with Crippen LogP contribution in [0.1, 0.15) is 43.7 Å². The molecule has 0 aromatic heterocycles. The molecule has 0 radical (unpaired) electrons. The van der Waals surface area contributed by atoms with Crippen LogP contribution in [0.4, 0.5) is 10.5 Å². The number of rotatable bonds is 4. The van der Waals surface area contributed by atoms with Crippen molar-refractivity contribution in [2.45, 2.75) is 44.0 Å². The monoisotopic (exact) mass is 423 g/mol. The van der Waals surface area contributed by atoms with Gasteiger partial charge in [-0.25, -0.2) is 4.79 Å². The Kier molecular flexibility index (Phi) is 6.04. The molecule has 2 saturated heterocycles. The third-order valence-corrected chi connectivity index (χ3v) is 7.66. The van der Waals surface area contributed by atoms with Crippen LogP contribution in [0.15, 0.2) is 54.6 Å². The van der Waals surface area contributed by atoms with Crippen molar-refractivity contribution in [1.29, 1.82) is 0 Å². The SMILES string of the molecule is CC(C)c1ccc(NC(=O)N2CCC3(CC2)SCC(=O)N3Cc2ccccc2)cc1. The maximum atomic E-state index is 12.8. The Morgan fingerprint density at radius 1 is 1.07 bits per heavy atom.